The first-order chi connectivity index (χ1) is 20.4. The zero-order chi connectivity index (χ0) is 30.4. The zero-order valence-electron chi connectivity index (χ0n) is 25.7. The van der Waals surface area contributed by atoms with E-state index in [0.717, 1.165) is 38.7 Å². The van der Waals surface area contributed by atoms with Crippen molar-refractivity contribution in [1.29, 1.82) is 5.26 Å². The quantitative estimate of drug-likeness (QED) is 0.196. The fourth-order valence-corrected chi connectivity index (χ4v) is 6.98. The first-order valence-electron chi connectivity index (χ1n) is 14.8. The summed E-state index contributed by atoms with van der Waals surface area (Å²) in [7, 11) is 1.95. The summed E-state index contributed by atoms with van der Waals surface area (Å²) < 4.78 is 24.3. The molecule has 0 saturated carbocycles. The second-order valence-corrected chi connectivity index (χ2v) is 13.4. The molecule has 0 radical (unpaired) electrons. The molecule has 4 heteroatoms. The number of furan rings is 1. The molecule has 4 aromatic carbocycles. The van der Waals surface area contributed by atoms with Gasteiger partial charge < -0.3 is 4.42 Å². The molecule has 43 heavy (non-hydrogen) atoms. The largest absolute Gasteiger partial charge is 0.454 e. The van der Waals surface area contributed by atoms with E-state index in [1.54, 1.807) is 6.07 Å². The van der Waals surface area contributed by atoms with Crippen LogP contribution in [0, 0.1) is 24.1 Å². The van der Waals surface area contributed by atoms with Crippen LogP contribution in [0.1, 0.15) is 62.4 Å². The molecule has 0 amide bonds. The third-order valence-corrected chi connectivity index (χ3v) is 9.30. The van der Waals surface area contributed by atoms with Crippen LogP contribution < -0.4 is 4.57 Å². The number of nitriles is 1. The van der Waals surface area contributed by atoms with Crippen LogP contribution in [0.3, 0.4) is 0 Å². The molecule has 2 aromatic heterocycles. The van der Waals surface area contributed by atoms with Gasteiger partial charge in [0.05, 0.1) is 22.8 Å². The Bertz CT molecular complexity index is 2190. The summed E-state index contributed by atoms with van der Waals surface area (Å²) in [5, 5.41) is 12.1. The predicted molar refractivity (Wildman–Crippen MR) is 171 cm³/mol. The summed E-state index contributed by atoms with van der Waals surface area (Å²) in [5.41, 5.74) is 11.4. The summed E-state index contributed by atoms with van der Waals surface area (Å²) in [6.45, 7) is 12.6. The average molecular weight is 566 g/mol. The van der Waals surface area contributed by atoms with Crippen LogP contribution in [0.2, 0.25) is 0 Å². The monoisotopic (exact) mass is 565 g/mol. The maximum atomic E-state index is 15.5. The van der Waals surface area contributed by atoms with Gasteiger partial charge >= 0.3 is 0 Å². The minimum Gasteiger partial charge on any atom is -0.454 e. The molecule has 0 bridgehead atoms. The third kappa shape index (κ3) is 3.88. The zero-order valence-corrected chi connectivity index (χ0v) is 25.7. The molecule has 0 N–H and O–H groups in total. The lowest BCUT2D eigenvalue weighted by Gasteiger charge is -2.22. The van der Waals surface area contributed by atoms with Crippen molar-refractivity contribution in [3.05, 3.63) is 113 Å². The maximum Gasteiger partial charge on any atom is 0.219 e. The molecule has 6 aromatic rings. The normalized spacial score (nSPS) is 13.7. The molecule has 2 heterocycles. The Morgan fingerprint density at radius 2 is 1.51 bits per heavy atom. The van der Waals surface area contributed by atoms with Gasteiger partial charge in [-0.25, -0.2) is 8.96 Å². The van der Waals surface area contributed by atoms with Gasteiger partial charge in [-0.05, 0) is 63.9 Å². The summed E-state index contributed by atoms with van der Waals surface area (Å²) >= 11 is 0. The third-order valence-electron chi connectivity index (χ3n) is 9.30. The number of aromatic nitrogens is 1. The molecule has 0 atom stereocenters. The van der Waals surface area contributed by atoms with Crippen LogP contribution in [0.5, 0.6) is 0 Å². The number of halogens is 1. The molecule has 0 saturated heterocycles. The van der Waals surface area contributed by atoms with Gasteiger partial charge in [-0.15, -0.1) is 0 Å². The lowest BCUT2D eigenvalue weighted by molar-refractivity contribution is -0.661. The van der Waals surface area contributed by atoms with Crippen molar-refractivity contribution in [2.24, 2.45) is 7.05 Å². The number of hydrogen-bond donors (Lipinski definition) is 0. The van der Waals surface area contributed by atoms with Crippen LogP contribution >= 0.6 is 0 Å². The van der Waals surface area contributed by atoms with Gasteiger partial charge in [0.1, 0.15) is 24.0 Å². The average Bonchev–Trinajstić information content (AvgIpc) is 3.45. The van der Waals surface area contributed by atoms with E-state index in [-0.39, 0.29) is 16.6 Å². The van der Waals surface area contributed by atoms with Crippen molar-refractivity contribution in [2.45, 2.75) is 52.4 Å². The van der Waals surface area contributed by atoms with Crippen LogP contribution in [-0.4, -0.2) is 0 Å². The minimum atomic E-state index is -0.324. The highest BCUT2D eigenvalue weighted by Gasteiger charge is 2.36. The van der Waals surface area contributed by atoms with Crippen molar-refractivity contribution in [2.75, 3.05) is 0 Å². The van der Waals surface area contributed by atoms with E-state index in [0.29, 0.717) is 22.3 Å². The number of pyridine rings is 1. The lowest BCUT2D eigenvalue weighted by atomic mass is 9.81. The van der Waals surface area contributed by atoms with Gasteiger partial charge in [0.15, 0.2) is 6.20 Å². The first kappa shape index (κ1) is 27.1. The highest BCUT2D eigenvalue weighted by molar-refractivity contribution is 6.14. The van der Waals surface area contributed by atoms with E-state index in [1.165, 1.54) is 22.3 Å². The Labute approximate surface area is 251 Å². The molecule has 1 aliphatic rings. The Balaban J connectivity index is 1.50. The van der Waals surface area contributed by atoms with Crippen LogP contribution in [0.4, 0.5) is 4.39 Å². The molecule has 0 unspecified atom stereocenters. The summed E-state index contributed by atoms with van der Waals surface area (Å²) in [6, 6.07) is 27.1. The summed E-state index contributed by atoms with van der Waals surface area (Å²) in [5.74, 6) is -0.234. The highest BCUT2D eigenvalue weighted by Crippen LogP contribution is 2.50. The van der Waals surface area contributed by atoms with Crippen molar-refractivity contribution < 1.29 is 13.4 Å². The summed E-state index contributed by atoms with van der Waals surface area (Å²) in [4.78, 5) is 0. The molecule has 7 rings (SSSR count). The van der Waals surface area contributed by atoms with E-state index in [4.69, 9.17) is 4.42 Å². The molecular formula is C39H34FN2O+. The number of fused-ring (bicyclic) bond motifs is 6. The van der Waals surface area contributed by atoms with Gasteiger partial charge in [-0.3, -0.25) is 0 Å². The maximum absolute atomic E-state index is 15.5. The van der Waals surface area contributed by atoms with Gasteiger partial charge in [0, 0.05) is 27.8 Å². The number of rotatable bonds is 2. The minimum absolute atomic E-state index is 0.168. The molecule has 0 aliphatic heterocycles. The Hall–Kier alpha value is -4.75. The molecular weight excluding hydrogens is 531 g/mol. The molecule has 0 spiro atoms. The van der Waals surface area contributed by atoms with E-state index in [1.807, 2.05) is 57.6 Å². The number of nitrogens with zero attached hydrogens (tertiary/aromatic N) is 2. The second kappa shape index (κ2) is 9.12. The van der Waals surface area contributed by atoms with Crippen molar-refractivity contribution in [1.82, 2.24) is 0 Å². The summed E-state index contributed by atoms with van der Waals surface area (Å²) in [6.07, 6.45) is 1.88. The fraction of sp³-hybridized carbons (Fsp3) is 0.231. The molecule has 212 valence electrons. The topological polar surface area (TPSA) is 40.8 Å². The van der Waals surface area contributed by atoms with Gasteiger partial charge in [0.25, 0.3) is 0 Å². The van der Waals surface area contributed by atoms with E-state index < -0.39 is 0 Å². The van der Waals surface area contributed by atoms with Crippen LogP contribution in [0.25, 0.3) is 55.4 Å². The number of hydrogen-bond acceptors (Lipinski definition) is 2. The van der Waals surface area contributed by atoms with E-state index >= 15 is 4.39 Å². The predicted octanol–water partition coefficient (Wildman–Crippen LogP) is 9.67. The van der Waals surface area contributed by atoms with Gasteiger partial charge in [-0.2, -0.15) is 5.26 Å². The van der Waals surface area contributed by atoms with Crippen LogP contribution in [0.15, 0.2) is 83.4 Å². The van der Waals surface area contributed by atoms with Crippen molar-refractivity contribution in [3.8, 4) is 39.6 Å². The molecule has 1 aliphatic carbocycles. The highest BCUT2D eigenvalue weighted by atomic mass is 19.1. The van der Waals surface area contributed by atoms with E-state index in [9.17, 15) is 5.26 Å². The molecule has 0 fully saturated rings. The van der Waals surface area contributed by atoms with Gasteiger partial charge in [-0.1, -0.05) is 83.1 Å². The SMILES string of the molecule is Cc1ccc2c(oc3c(-c4ccc5c(c4)C(C)(C)c4ccccc4-5)c(C#N)ccc32)c1-c1cc(F)c(C(C)(C)C)c[n+]1C. The Morgan fingerprint density at radius 1 is 0.837 bits per heavy atom. The Morgan fingerprint density at radius 3 is 2.23 bits per heavy atom. The lowest BCUT2D eigenvalue weighted by Crippen LogP contribution is -2.34. The fourth-order valence-electron chi connectivity index (χ4n) is 6.98. The van der Waals surface area contributed by atoms with Crippen molar-refractivity contribution in [3.63, 3.8) is 0 Å². The number of aryl methyl sites for hydroxylation is 2. The van der Waals surface area contributed by atoms with Gasteiger partial charge in [0.2, 0.25) is 5.69 Å². The Kier molecular flexibility index (Phi) is 5.75. The smallest absolute Gasteiger partial charge is 0.219 e. The molecule has 3 nitrogen and oxygen atoms in total. The standard InChI is InChI=1S/C39H34FN2O/c1-22-12-15-27-28-17-14-24(20-41)35(23-13-16-26-25-10-8-9-11-29(25)39(5,6)30(26)18-23)37(28)43-36(27)34(22)33-19-32(40)31(21-42(33)7)38(2,3)4/h8-19,21H,1-7H3/q+1. The van der Waals surface area contributed by atoms with E-state index in [2.05, 4.69) is 74.5 Å². The first-order valence-corrected chi connectivity index (χ1v) is 14.8. The number of benzene rings is 4. The second-order valence-electron chi connectivity index (χ2n) is 13.4. The van der Waals surface area contributed by atoms with Crippen LogP contribution in [-0.2, 0) is 17.9 Å². The van der Waals surface area contributed by atoms with Crippen molar-refractivity contribution >= 4 is 21.9 Å².